The van der Waals surface area contributed by atoms with E-state index in [0.29, 0.717) is 32.1 Å². The van der Waals surface area contributed by atoms with Crippen molar-refractivity contribution in [2.75, 3.05) is 0 Å². The fraction of sp³-hybridized carbons (Fsp3) is 0.188. The number of imidazole rings is 1. The molecule has 1 N–H and O–H groups in total. The van der Waals surface area contributed by atoms with Crippen LogP contribution >= 0.6 is 27.5 Å². The van der Waals surface area contributed by atoms with Crippen LogP contribution in [-0.2, 0) is 20.6 Å². The van der Waals surface area contributed by atoms with Crippen molar-refractivity contribution < 1.29 is 0 Å². The zero-order valence-electron chi connectivity index (χ0n) is 14.2. The average Bonchev–Trinajstić information content (AvgIpc) is 2.95. The maximum atomic E-state index is 12.3. The van der Waals surface area contributed by atoms with Crippen LogP contribution in [0.4, 0.5) is 0 Å². The number of fused-ring (bicyclic) bond motifs is 2. The van der Waals surface area contributed by atoms with E-state index in [0.717, 1.165) is 4.57 Å². The highest BCUT2D eigenvalue weighted by molar-refractivity contribution is 9.10. The third-order valence-corrected chi connectivity index (χ3v) is 5.16. The Bertz CT molecular complexity index is 1410. The van der Waals surface area contributed by atoms with Gasteiger partial charge in [0.25, 0.3) is 11.1 Å². The molecule has 9 nitrogen and oxygen atoms in total. The van der Waals surface area contributed by atoms with E-state index in [4.69, 9.17) is 11.6 Å². The quantitative estimate of drug-likeness (QED) is 0.460. The summed E-state index contributed by atoms with van der Waals surface area (Å²) in [5.74, 6) is 0.350. The molecule has 0 atom stereocenters. The molecule has 3 heterocycles. The summed E-state index contributed by atoms with van der Waals surface area (Å²) < 4.78 is 4.26. The average molecular weight is 452 g/mol. The number of aryl methyl sites for hydroxylation is 1. The summed E-state index contributed by atoms with van der Waals surface area (Å²) in [6, 6.07) is 4.85. The number of rotatable bonds is 2. The third-order valence-electron chi connectivity index (χ3n) is 4.32. The van der Waals surface area contributed by atoms with E-state index in [2.05, 4.69) is 30.9 Å². The minimum absolute atomic E-state index is 0.103. The second-order valence-electron chi connectivity index (χ2n) is 6.02. The number of hydrogen-bond acceptors (Lipinski definition) is 5. The van der Waals surface area contributed by atoms with E-state index in [-0.39, 0.29) is 17.6 Å². The Hall–Kier alpha value is -2.72. The van der Waals surface area contributed by atoms with Gasteiger partial charge in [0.1, 0.15) is 5.82 Å². The van der Waals surface area contributed by atoms with Crippen molar-refractivity contribution in [2.24, 2.45) is 14.1 Å². The van der Waals surface area contributed by atoms with Gasteiger partial charge in [-0.25, -0.2) is 14.8 Å². The van der Waals surface area contributed by atoms with Crippen molar-refractivity contribution in [3.63, 3.8) is 0 Å². The molecule has 0 aliphatic carbocycles. The second-order valence-corrected chi connectivity index (χ2v) is 7.16. The molecule has 0 aliphatic rings. The molecule has 0 spiro atoms. The van der Waals surface area contributed by atoms with Crippen LogP contribution in [0.3, 0.4) is 0 Å². The first-order valence-corrected chi connectivity index (χ1v) is 8.95. The summed E-state index contributed by atoms with van der Waals surface area (Å²) >= 11 is 9.24. The van der Waals surface area contributed by atoms with Crippen LogP contribution in [0.2, 0.25) is 5.02 Å². The molecular weight excluding hydrogens is 440 g/mol. The zero-order chi connectivity index (χ0) is 19.5. The molecule has 27 heavy (non-hydrogen) atoms. The summed E-state index contributed by atoms with van der Waals surface area (Å²) in [6.45, 7) is 0.103. The highest BCUT2D eigenvalue weighted by atomic mass is 79.9. The minimum atomic E-state index is -0.498. The molecule has 3 aromatic heterocycles. The van der Waals surface area contributed by atoms with Gasteiger partial charge in [-0.05, 0) is 34.1 Å². The SMILES string of the molecule is Cn1c(=O)c2nc(Br)n(Cc3nc4ccc(Cl)cc4c(=O)[nH]3)c2n(C)c1=O. The van der Waals surface area contributed by atoms with Crippen molar-refractivity contribution in [3.05, 3.63) is 65.0 Å². The normalized spacial score (nSPS) is 11.6. The van der Waals surface area contributed by atoms with Crippen molar-refractivity contribution in [3.8, 4) is 0 Å². The first-order valence-electron chi connectivity index (χ1n) is 7.78. The Morgan fingerprint density at radius 1 is 1.15 bits per heavy atom. The van der Waals surface area contributed by atoms with E-state index < -0.39 is 11.2 Å². The lowest BCUT2D eigenvalue weighted by Gasteiger charge is -2.09. The fourth-order valence-electron chi connectivity index (χ4n) is 2.99. The van der Waals surface area contributed by atoms with E-state index in [9.17, 15) is 14.4 Å². The van der Waals surface area contributed by atoms with E-state index >= 15 is 0 Å². The first-order chi connectivity index (χ1) is 12.8. The van der Waals surface area contributed by atoms with Crippen molar-refractivity contribution in [2.45, 2.75) is 6.54 Å². The van der Waals surface area contributed by atoms with E-state index in [1.165, 1.54) is 11.6 Å². The molecule has 4 aromatic rings. The minimum Gasteiger partial charge on any atom is -0.308 e. The number of halogens is 2. The lowest BCUT2D eigenvalue weighted by Crippen LogP contribution is -2.37. The van der Waals surface area contributed by atoms with Gasteiger partial charge in [0.2, 0.25) is 0 Å². The third kappa shape index (κ3) is 2.72. The van der Waals surface area contributed by atoms with Gasteiger partial charge in [0.15, 0.2) is 15.9 Å². The molecule has 0 unspecified atom stereocenters. The van der Waals surface area contributed by atoms with Crippen LogP contribution in [0, 0.1) is 0 Å². The van der Waals surface area contributed by atoms with Crippen LogP contribution < -0.4 is 16.8 Å². The van der Waals surface area contributed by atoms with Gasteiger partial charge in [-0.2, -0.15) is 0 Å². The van der Waals surface area contributed by atoms with Crippen LogP contribution in [-0.4, -0.2) is 28.7 Å². The summed E-state index contributed by atoms with van der Waals surface area (Å²) in [5.41, 5.74) is -0.348. The molecule has 0 fully saturated rings. The molecule has 1 aromatic carbocycles. The number of benzene rings is 1. The molecule has 0 aliphatic heterocycles. The summed E-state index contributed by atoms with van der Waals surface area (Å²) in [6.07, 6.45) is 0. The van der Waals surface area contributed by atoms with Gasteiger partial charge >= 0.3 is 5.69 Å². The lowest BCUT2D eigenvalue weighted by molar-refractivity contribution is 0.675. The van der Waals surface area contributed by atoms with Crippen molar-refractivity contribution in [1.29, 1.82) is 0 Å². The summed E-state index contributed by atoms with van der Waals surface area (Å²) in [4.78, 5) is 48.3. The van der Waals surface area contributed by atoms with Gasteiger partial charge in [-0.1, -0.05) is 11.6 Å². The van der Waals surface area contributed by atoms with Gasteiger partial charge < -0.3 is 4.98 Å². The van der Waals surface area contributed by atoms with Crippen LogP contribution in [0.25, 0.3) is 22.1 Å². The molecule has 0 bridgehead atoms. The second kappa shape index (κ2) is 6.17. The molecule has 0 saturated heterocycles. The Labute approximate surface area is 164 Å². The molecular formula is C16H12BrClN6O3. The number of nitrogens with zero attached hydrogens (tertiary/aromatic N) is 5. The molecule has 11 heteroatoms. The van der Waals surface area contributed by atoms with Gasteiger partial charge in [-0.15, -0.1) is 0 Å². The molecule has 4 rings (SSSR count). The van der Waals surface area contributed by atoms with Gasteiger partial charge in [0.05, 0.1) is 17.4 Å². The fourth-order valence-corrected chi connectivity index (χ4v) is 3.63. The Balaban J connectivity index is 1.95. The van der Waals surface area contributed by atoms with Crippen molar-refractivity contribution in [1.82, 2.24) is 28.7 Å². The van der Waals surface area contributed by atoms with E-state index in [1.807, 2.05) is 0 Å². The van der Waals surface area contributed by atoms with Crippen LogP contribution in [0.1, 0.15) is 5.82 Å². The Kier molecular flexibility index (Phi) is 4.04. The predicted molar refractivity (Wildman–Crippen MR) is 104 cm³/mol. The van der Waals surface area contributed by atoms with Gasteiger partial charge in [-0.3, -0.25) is 23.3 Å². The number of hydrogen-bond donors (Lipinski definition) is 1. The van der Waals surface area contributed by atoms with Crippen LogP contribution in [0.15, 0.2) is 37.3 Å². The monoisotopic (exact) mass is 450 g/mol. The Morgan fingerprint density at radius 2 is 1.89 bits per heavy atom. The maximum Gasteiger partial charge on any atom is 0.332 e. The van der Waals surface area contributed by atoms with E-state index in [1.54, 1.807) is 29.8 Å². The number of nitrogens with one attached hydrogen (secondary N) is 1. The topological polar surface area (TPSA) is 108 Å². The lowest BCUT2D eigenvalue weighted by atomic mass is 10.2. The molecule has 0 radical (unpaired) electrons. The highest BCUT2D eigenvalue weighted by Crippen LogP contribution is 2.19. The first kappa shape index (κ1) is 17.7. The Morgan fingerprint density at radius 3 is 2.63 bits per heavy atom. The summed E-state index contributed by atoms with van der Waals surface area (Å²) in [7, 11) is 2.94. The number of aromatic amines is 1. The van der Waals surface area contributed by atoms with Gasteiger partial charge in [0, 0.05) is 19.1 Å². The van der Waals surface area contributed by atoms with Crippen molar-refractivity contribution >= 4 is 49.6 Å². The standard InChI is InChI=1S/C16H12BrClN6O3/c1-22-13-11(14(26)23(2)16(22)27)21-15(17)24(13)6-10-19-9-4-3-7(18)5-8(9)12(25)20-10/h3-5H,6H2,1-2H3,(H,19,20,25). The smallest absolute Gasteiger partial charge is 0.308 e. The zero-order valence-corrected chi connectivity index (χ0v) is 16.5. The van der Waals surface area contributed by atoms with Crippen LogP contribution in [0.5, 0.6) is 0 Å². The summed E-state index contributed by atoms with van der Waals surface area (Å²) in [5, 5.41) is 0.818. The number of H-pyrrole nitrogens is 1. The molecule has 0 amide bonds. The maximum absolute atomic E-state index is 12.3. The molecule has 138 valence electrons. The largest absolute Gasteiger partial charge is 0.332 e. The molecule has 0 saturated carbocycles. The number of aromatic nitrogens is 6. The highest BCUT2D eigenvalue weighted by Gasteiger charge is 2.18. The predicted octanol–water partition coefficient (Wildman–Crippen LogP) is 1.13.